The molecule has 0 fully saturated rings. The highest BCUT2D eigenvalue weighted by atomic mass is 32.1. The molecule has 5 nitrogen and oxygen atoms in total. The Kier molecular flexibility index (Phi) is 5.44. The summed E-state index contributed by atoms with van der Waals surface area (Å²) in [5.74, 6) is 0.539. The van der Waals surface area contributed by atoms with Crippen molar-refractivity contribution >= 4 is 33.2 Å². The van der Waals surface area contributed by atoms with Gasteiger partial charge in [0.25, 0.3) is 5.91 Å². The van der Waals surface area contributed by atoms with Gasteiger partial charge in [-0.05, 0) is 35.2 Å². The van der Waals surface area contributed by atoms with Crippen LogP contribution in [0.1, 0.15) is 26.4 Å². The summed E-state index contributed by atoms with van der Waals surface area (Å²) in [6, 6.07) is 20.5. The van der Waals surface area contributed by atoms with Crippen LogP contribution in [0.2, 0.25) is 0 Å². The predicted molar refractivity (Wildman–Crippen MR) is 115 cm³/mol. The van der Waals surface area contributed by atoms with Crippen molar-refractivity contribution < 1.29 is 14.3 Å². The number of carbonyl (C=O) groups excluding carboxylic acids is 2. The third-order valence-electron chi connectivity index (χ3n) is 4.77. The minimum atomic E-state index is -0.204. The molecule has 6 heteroatoms. The molecule has 1 amide bonds. The number of thiophene rings is 1. The van der Waals surface area contributed by atoms with Gasteiger partial charge in [-0.15, -0.1) is 11.3 Å². The van der Waals surface area contributed by atoms with Crippen LogP contribution in [0, 0.1) is 0 Å². The van der Waals surface area contributed by atoms with Gasteiger partial charge >= 0.3 is 0 Å². The van der Waals surface area contributed by atoms with E-state index in [9.17, 15) is 9.59 Å². The number of ketones is 1. The average Bonchev–Trinajstić information content (AvgIpc) is 3.35. The van der Waals surface area contributed by atoms with Crippen LogP contribution in [-0.2, 0) is 13.1 Å². The van der Waals surface area contributed by atoms with Crippen molar-refractivity contribution in [3.05, 3.63) is 88.9 Å². The van der Waals surface area contributed by atoms with Gasteiger partial charge in [0.05, 0.1) is 23.9 Å². The van der Waals surface area contributed by atoms with Gasteiger partial charge in [0.15, 0.2) is 5.78 Å². The number of hydrogen-bond donors (Lipinski definition) is 1. The Labute approximate surface area is 172 Å². The van der Waals surface area contributed by atoms with Crippen LogP contribution in [0.3, 0.4) is 0 Å². The summed E-state index contributed by atoms with van der Waals surface area (Å²) in [6.45, 7) is 0.518. The van der Waals surface area contributed by atoms with Crippen molar-refractivity contribution in [3.8, 4) is 5.75 Å². The van der Waals surface area contributed by atoms with Crippen LogP contribution in [-0.4, -0.2) is 23.4 Å². The first-order chi connectivity index (χ1) is 14.2. The molecule has 29 heavy (non-hydrogen) atoms. The van der Waals surface area contributed by atoms with E-state index >= 15 is 0 Å². The highest BCUT2D eigenvalue weighted by Crippen LogP contribution is 2.26. The van der Waals surface area contributed by atoms with Gasteiger partial charge in [-0.3, -0.25) is 9.59 Å². The molecular weight excluding hydrogens is 384 g/mol. The summed E-state index contributed by atoms with van der Waals surface area (Å²) >= 11 is 1.56. The molecule has 2 aromatic heterocycles. The predicted octanol–water partition coefficient (Wildman–Crippen LogP) is 4.52. The number of carbonyl (C=O) groups is 2. The Hall–Kier alpha value is -3.38. The highest BCUT2D eigenvalue weighted by Gasteiger charge is 2.19. The Balaban J connectivity index is 1.54. The maximum atomic E-state index is 12.9. The van der Waals surface area contributed by atoms with E-state index in [2.05, 4.69) is 5.32 Å². The van der Waals surface area contributed by atoms with Gasteiger partial charge in [-0.25, -0.2) is 0 Å². The fourth-order valence-electron chi connectivity index (χ4n) is 3.21. The molecule has 4 aromatic rings. The monoisotopic (exact) mass is 404 g/mol. The fourth-order valence-corrected chi connectivity index (χ4v) is 4.03. The van der Waals surface area contributed by atoms with E-state index in [0.29, 0.717) is 17.8 Å². The van der Waals surface area contributed by atoms with Crippen LogP contribution >= 0.6 is 11.3 Å². The number of hydrogen-bond acceptors (Lipinski definition) is 4. The molecule has 0 radical (unpaired) electrons. The normalized spacial score (nSPS) is 10.8. The smallest absolute Gasteiger partial charge is 0.268 e. The van der Waals surface area contributed by atoms with Gasteiger partial charge < -0.3 is 14.6 Å². The number of Topliss-reactive ketones (excluding diaryl/α,β-unsaturated/α-hetero) is 1. The maximum Gasteiger partial charge on any atom is 0.268 e. The number of nitrogens with zero attached hydrogens (tertiary/aromatic N) is 1. The third kappa shape index (κ3) is 4.07. The van der Waals surface area contributed by atoms with Gasteiger partial charge in [0.1, 0.15) is 11.4 Å². The lowest BCUT2D eigenvalue weighted by atomic mass is 10.1. The zero-order valence-electron chi connectivity index (χ0n) is 15.9. The quantitative estimate of drug-likeness (QED) is 0.461. The van der Waals surface area contributed by atoms with E-state index in [-0.39, 0.29) is 18.2 Å². The summed E-state index contributed by atoms with van der Waals surface area (Å²) in [6.07, 6.45) is 0. The third-order valence-corrected chi connectivity index (χ3v) is 5.62. The lowest BCUT2D eigenvalue weighted by molar-refractivity contribution is 0.0936. The molecular formula is C23H20N2O3S. The standard InChI is InChI=1S/C23H20N2O3S/c1-28-18-9-7-16(8-10-18)14-24-23(27)20-13-22-19(11-12-29-22)25(20)15-21(26)17-5-3-2-4-6-17/h2-13H,14-15H2,1H3,(H,24,27). The zero-order valence-corrected chi connectivity index (χ0v) is 16.7. The SMILES string of the molecule is COc1ccc(CNC(=O)c2cc3sccc3n2CC(=O)c2ccccc2)cc1. The second kappa shape index (κ2) is 8.32. The topological polar surface area (TPSA) is 60.3 Å². The number of aromatic nitrogens is 1. The van der Waals surface area contributed by atoms with Crippen LogP contribution in [0.25, 0.3) is 10.2 Å². The molecule has 0 saturated carbocycles. The van der Waals surface area contributed by atoms with Crippen molar-refractivity contribution in [2.24, 2.45) is 0 Å². The molecule has 0 aliphatic heterocycles. The molecule has 146 valence electrons. The van der Waals surface area contributed by atoms with E-state index in [1.807, 2.05) is 60.0 Å². The minimum Gasteiger partial charge on any atom is -0.497 e. The van der Waals surface area contributed by atoms with E-state index in [4.69, 9.17) is 4.74 Å². The molecule has 0 aliphatic carbocycles. The molecule has 0 atom stereocenters. The molecule has 0 spiro atoms. The summed E-state index contributed by atoms with van der Waals surface area (Å²) in [7, 11) is 1.62. The Bertz CT molecular complexity index is 1140. The Morgan fingerprint density at radius 2 is 1.79 bits per heavy atom. The molecule has 2 heterocycles. The second-order valence-corrected chi connectivity index (χ2v) is 7.55. The maximum absolute atomic E-state index is 12.9. The number of rotatable bonds is 7. The number of ether oxygens (including phenoxy) is 1. The van der Waals surface area contributed by atoms with Gasteiger partial charge in [0.2, 0.25) is 0 Å². The number of benzene rings is 2. The number of methoxy groups -OCH3 is 1. The summed E-state index contributed by atoms with van der Waals surface area (Å²) in [5.41, 5.74) is 2.99. The molecule has 2 aromatic carbocycles. The molecule has 4 rings (SSSR count). The van der Waals surface area contributed by atoms with Crippen molar-refractivity contribution in [3.63, 3.8) is 0 Å². The molecule has 1 N–H and O–H groups in total. The lowest BCUT2D eigenvalue weighted by Crippen LogP contribution is -2.26. The number of fused-ring (bicyclic) bond motifs is 1. The minimum absolute atomic E-state index is 0.0292. The molecule has 0 unspecified atom stereocenters. The molecule has 0 saturated heterocycles. The van der Waals surface area contributed by atoms with E-state index in [1.54, 1.807) is 35.1 Å². The van der Waals surface area contributed by atoms with Gasteiger partial charge in [-0.1, -0.05) is 42.5 Å². The van der Waals surface area contributed by atoms with Crippen LogP contribution in [0.15, 0.2) is 72.1 Å². The van der Waals surface area contributed by atoms with Crippen molar-refractivity contribution in [2.75, 3.05) is 7.11 Å². The first-order valence-electron chi connectivity index (χ1n) is 9.22. The highest BCUT2D eigenvalue weighted by molar-refractivity contribution is 7.17. The van der Waals surface area contributed by atoms with Crippen molar-refractivity contribution in [1.82, 2.24) is 9.88 Å². The first kappa shape index (κ1) is 19.0. The van der Waals surface area contributed by atoms with Crippen molar-refractivity contribution in [1.29, 1.82) is 0 Å². The lowest BCUT2D eigenvalue weighted by Gasteiger charge is -2.11. The van der Waals surface area contributed by atoms with Crippen LogP contribution in [0.4, 0.5) is 0 Å². The van der Waals surface area contributed by atoms with E-state index in [1.165, 1.54) is 0 Å². The largest absolute Gasteiger partial charge is 0.497 e. The summed E-state index contributed by atoms with van der Waals surface area (Å²) < 4.78 is 7.94. The number of nitrogens with one attached hydrogen (secondary N) is 1. The van der Waals surface area contributed by atoms with Gasteiger partial charge in [0, 0.05) is 12.1 Å². The van der Waals surface area contributed by atoms with Gasteiger partial charge in [-0.2, -0.15) is 0 Å². The number of amides is 1. The second-order valence-electron chi connectivity index (χ2n) is 6.61. The molecule has 0 bridgehead atoms. The van der Waals surface area contributed by atoms with Crippen molar-refractivity contribution in [2.45, 2.75) is 13.1 Å². The Morgan fingerprint density at radius 1 is 1.03 bits per heavy atom. The summed E-state index contributed by atoms with van der Waals surface area (Å²) in [5, 5.41) is 4.92. The summed E-state index contributed by atoms with van der Waals surface area (Å²) in [4.78, 5) is 25.6. The fraction of sp³-hybridized carbons (Fsp3) is 0.130. The van der Waals surface area contributed by atoms with E-state index < -0.39 is 0 Å². The van der Waals surface area contributed by atoms with Crippen LogP contribution in [0.5, 0.6) is 5.75 Å². The van der Waals surface area contributed by atoms with E-state index in [0.717, 1.165) is 21.5 Å². The average molecular weight is 404 g/mol. The molecule has 0 aliphatic rings. The van der Waals surface area contributed by atoms with Crippen LogP contribution < -0.4 is 10.1 Å². The zero-order chi connectivity index (χ0) is 20.2. The Morgan fingerprint density at radius 3 is 2.52 bits per heavy atom. The first-order valence-corrected chi connectivity index (χ1v) is 10.1.